The van der Waals surface area contributed by atoms with Gasteiger partial charge in [0.15, 0.2) is 0 Å². The minimum Gasteiger partial charge on any atom is -0.283 e. The molecule has 0 saturated heterocycles. The second-order valence-corrected chi connectivity index (χ2v) is 4.45. The van der Waals surface area contributed by atoms with Crippen molar-refractivity contribution in [2.75, 3.05) is 0 Å². The van der Waals surface area contributed by atoms with Crippen LogP contribution in [0.3, 0.4) is 0 Å². The van der Waals surface area contributed by atoms with Crippen LogP contribution in [0.1, 0.15) is 27.7 Å². The van der Waals surface area contributed by atoms with Gasteiger partial charge in [0, 0.05) is 11.6 Å². The Hall–Kier alpha value is -0.850. The topological polar surface area (TPSA) is 12.4 Å². The molecule has 0 aromatic carbocycles. The average Bonchev–Trinajstić information content (AvgIpc) is 1.94. The molecular formula is C11H17N. The van der Waals surface area contributed by atoms with Crippen LogP contribution < -0.4 is 0 Å². The van der Waals surface area contributed by atoms with Crippen LogP contribution in [0.2, 0.25) is 0 Å². The van der Waals surface area contributed by atoms with Gasteiger partial charge in [0.05, 0.1) is 5.54 Å². The molecule has 0 N–H and O–H groups in total. The lowest BCUT2D eigenvalue weighted by atomic mass is 9.89. The smallest absolute Gasteiger partial charge is 0.0731 e. The minimum atomic E-state index is -0.0535. The summed E-state index contributed by atoms with van der Waals surface area (Å²) < 4.78 is 0. The normalized spacial score (nSPS) is 33.0. The number of aliphatic imine (C=N–C) groups is 1. The fourth-order valence-corrected chi connectivity index (χ4v) is 1.04. The Kier molecular flexibility index (Phi) is 2.22. The molecule has 0 unspecified atom stereocenters. The van der Waals surface area contributed by atoms with E-state index in [0.717, 1.165) is 0 Å². The van der Waals surface area contributed by atoms with Gasteiger partial charge in [-0.3, -0.25) is 4.99 Å². The third-order valence-electron chi connectivity index (χ3n) is 1.94. The van der Waals surface area contributed by atoms with Crippen molar-refractivity contribution >= 4 is 6.21 Å². The van der Waals surface area contributed by atoms with Crippen LogP contribution >= 0.6 is 0 Å². The Labute approximate surface area is 74.9 Å². The molecule has 0 amide bonds. The van der Waals surface area contributed by atoms with E-state index in [1.807, 2.05) is 12.3 Å². The number of rotatable bonds is 0. The fraction of sp³-hybridized carbons (Fsp3) is 0.545. The van der Waals surface area contributed by atoms with Gasteiger partial charge >= 0.3 is 0 Å². The molecule has 0 fully saturated rings. The Bertz CT molecular complexity index is 216. The van der Waals surface area contributed by atoms with Crippen molar-refractivity contribution in [3.63, 3.8) is 0 Å². The second-order valence-electron chi connectivity index (χ2n) is 4.45. The summed E-state index contributed by atoms with van der Waals surface area (Å²) >= 11 is 0. The standard InChI is InChI=1S/C11H17N/c1-10(2)6-5-9-12-11(3,4)8-7-10/h5-9H,1-4H3/b6-5-,8-7-,12-9-. The van der Waals surface area contributed by atoms with E-state index in [1.165, 1.54) is 0 Å². The lowest BCUT2D eigenvalue weighted by molar-refractivity contribution is 0.593. The summed E-state index contributed by atoms with van der Waals surface area (Å²) in [7, 11) is 0. The molecule has 1 heterocycles. The monoisotopic (exact) mass is 163 g/mol. The maximum absolute atomic E-state index is 4.38. The Morgan fingerprint density at radius 1 is 0.917 bits per heavy atom. The molecule has 66 valence electrons. The van der Waals surface area contributed by atoms with Gasteiger partial charge in [0.25, 0.3) is 0 Å². The van der Waals surface area contributed by atoms with E-state index in [-0.39, 0.29) is 11.0 Å². The number of nitrogens with zero attached hydrogens (tertiary/aromatic N) is 1. The van der Waals surface area contributed by atoms with Gasteiger partial charge in [-0.25, -0.2) is 0 Å². The van der Waals surface area contributed by atoms with E-state index in [1.54, 1.807) is 0 Å². The third kappa shape index (κ3) is 2.65. The maximum atomic E-state index is 4.38. The first-order valence-corrected chi connectivity index (χ1v) is 4.35. The molecule has 0 atom stereocenters. The highest BCUT2D eigenvalue weighted by Gasteiger charge is 2.15. The zero-order chi connectivity index (χ0) is 9.24. The number of allylic oxidation sites excluding steroid dienone is 3. The van der Waals surface area contributed by atoms with Gasteiger partial charge in [0.2, 0.25) is 0 Å². The number of hydrogen-bond acceptors (Lipinski definition) is 1. The molecule has 0 saturated carbocycles. The molecule has 0 aromatic rings. The van der Waals surface area contributed by atoms with Gasteiger partial charge in [-0.15, -0.1) is 0 Å². The van der Waals surface area contributed by atoms with Crippen LogP contribution in [0.25, 0.3) is 0 Å². The van der Waals surface area contributed by atoms with Crippen molar-refractivity contribution in [3.8, 4) is 0 Å². The highest BCUT2D eigenvalue weighted by molar-refractivity contribution is 5.72. The zero-order valence-corrected chi connectivity index (χ0v) is 8.33. The van der Waals surface area contributed by atoms with Gasteiger partial charge in [-0.05, 0) is 19.9 Å². The molecule has 1 aliphatic rings. The van der Waals surface area contributed by atoms with Crippen molar-refractivity contribution < 1.29 is 0 Å². The predicted molar refractivity (Wildman–Crippen MR) is 54.6 cm³/mol. The van der Waals surface area contributed by atoms with E-state index >= 15 is 0 Å². The Morgan fingerprint density at radius 3 is 2.25 bits per heavy atom. The van der Waals surface area contributed by atoms with Gasteiger partial charge in [-0.2, -0.15) is 0 Å². The lowest BCUT2D eigenvalue weighted by Gasteiger charge is -2.21. The van der Waals surface area contributed by atoms with Crippen LogP contribution in [0, 0.1) is 5.41 Å². The molecule has 1 aliphatic heterocycles. The Morgan fingerprint density at radius 2 is 1.58 bits per heavy atom. The van der Waals surface area contributed by atoms with Gasteiger partial charge < -0.3 is 0 Å². The second kappa shape index (κ2) is 2.89. The van der Waals surface area contributed by atoms with Crippen LogP contribution in [-0.4, -0.2) is 11.8 Å². The summed E-state index contributed by atoms with van der Waals surface area (Å²) in [6, 6.07) is 0. The fourth-order valence-electron chi connectivity index (χ4n) is 1.04. The largest absolute Gasteiger partial charge is 0.283 e. The first-order valence-electron chi connectivity index (χ1n) is 4.35. The molecule has 0 radical (unpaired) electrons. The molecule has 1 rings (SSSR count). The molecule has 0 aliphatic carbocycles. The van der Waals surface area contributed by atoms with Crippen molar-refractivity contribution in [1.82, 2.24) is 0 Å². The summed E-state index contributed by atoms with van der Waals surface area (Å²) in [6.07, 6.45) is 10.4. The summed E-state index contributed by atoms with van der Waals surface area (Å²) in [5, 5.41) is 0. The molecule has 0 spiro atoms. The first kappa shape index (κ1) is 9.24. The van der Waals surface area contributed by atoms with Crippen molar-refractivity contribution in [2.24, 2.45) is 10.4 Å². The van der Waals surface area contributed by atoms with Crippen LogP contribution in [-0.2, 0) is 0 Å². The zero-order valence-electron chi connectivity index (χ0n) is 8.33. The molecular weight excluding hydrogens is 146 g/mol. The summed E-state index contributed by atoms with van der Waals surface area (Å²) in [5.74, 6) is 0. The minimum absolute atomic E-state index is 0.0535. The van der Waals surface area contributed by atoms with Gasteiger partial charge in [-0.1, -0.05) is 32.1 Å². The Balaban J connectivity index is 2.97. The average molecular weight is 163 g/mol. The summed E-state index contributed by atoms with van der Waals surface area (Å²) in [6.45, 7) is 8.59. The molecule has 1 nitrogen and oxygen atoms in total. The molecule has 12 heavy (non-hydrogen) atoms. The number of hydrogen-bond donors (Lipinski definition) is 0. The summed E-state index contributed by atoms with van der Waals surface area (Å²) in [5.41, 5.74) is 0.103. The van der Waals surface area contributed by atoms with E-state index in [2.05, 4.69) is 50.9 Å². The van der Waals surface area contributed by atoms with Crippen molar-refractivity contribution in [2.45, 2.75) is 33.2 Å². The SMILES string of the molecule is CC1(C)/C=C\C=N/C(C)(C)/C=C\1. The van der Waals surface area contributed by atoms with E-state index in [4.69, 9.17) is 0 Å². The van der Waals surface area contributed by atoms with E-state index in [9.17, 15) is 0 Å². The maximum Gasteiger partial charge on any atom is 0.0731 e. The highest BCUT2D eigenvalue weighted by atomic mass is 14.8. The summed E-state index contributed by atoms with van der Waals surface area (Å²) in [4.78, 5) is 4.38. The van der Waals surface area contributed by atoms with Crippen molar-refractivity contribution in [3.05, 3.63) is 24.3 Å². The van der Waals surface area contributed by atoms with Crippen LogP contribution in [0.4, 0.5) is 0 Å². The van der Waals surface area contributed by atoms with Gasteiger partial charge in [0.1, 0.15) is 0 Å². The van der Waals surface area contributed by atoms with Crippen LogP contribution in [0.5, 0.6) is 0 Å². The first-order chi connectivity index (χ1) is 5.41. The highest BCUT2D eigenvalue weighted by Crippen LogP contribution is 2.23. The lowest BCUT2D eigenvalue weighted by Crippen LogP contribution is -2.16. The molecule has 0 aromatic heterocycles. The molecule has 1 heteroatoms. The predicted octanol–water partition coefficient (Wildman–Crippen LogP) is 2.99. The van der Waals surface area contributed by atoms with Crippen molar-refractivity contribution in [1.29, 1.82) is 0 Å². The quantitative estimate of drug-likeness (QED) is 0.487. The van der Waals surface area contributed by atoms with E-state index in [0.29, 0.717) is 0 Å². The van der Waals surface area contributed by atoms with E-state index < -0.39 is 0 Å². The third-order valence-corrected chi connectivity index (χ3v) is 1.94. The van der Waals surface area contributed by atoms with Crippen LogP contribution in [0.15, 0.2) is 29.3 Å². The molecule has 0 bridgehead atoms.